The fourth-order valence-electron chi connectivity index (χ4n) is 4.08. The molecule has 3 aliphatic rings. The lowest BCUT2D eigenvalue weighted by Crippen LogP contribution is -2.22. The van der Waals surface area contributed by atoms with E-state index >= 15 is 0 Å². The van der Waals surface area contributed by atoms with Gasteiger partial charge in [-0.3, -0.25) is 0 Å². The molecule has 2 fully saturated rings. The molecule has 4 rings (SSSR count). The molecule has 1 aromatic carbocycles. The van der Waals surface area contributed by atoms with E-state index in [1.807, 2.05) is 12.1 Å². The number of hydrogen-bond donors (Lipinski definition) is 0. The third kappa shape index (κ3) is 0.842. The Morgan fingerprint density at radius 3 is 2.12 bits per heavy atom. The third-order valence-electron chi connectivity index (χ3n) is 4.63. The van der Waals surface area contributed by atoms with Crippen molar-refractivity contribution in [3.05, 3.63) is 35.4 Å². The van der Waals surface area contributed by atoms with E-state index in [9.17, 15) is 4.39 Å². The molecule has 0 N–H and O–H groups in total. The Labute approximate surface area is 102 Å². The monoisotopic (exact) mass is 282 g/mol. The summed E-state index contributed by atoms with van der Waals surface area (Å²) in [5.41, 5.74) is 2.61. The topological polar surface area (TPSA) is 9.23 Å². The van der Waals surface area contributed by atoms with E-state index < -0.39 is 4.58 Å². The van der Waals surface area contributed by atoms with E-state index in [1.165, 1.54) is 11.1 Å². The van der Waals surface area contributed by atoms with Crippen molar-refractivity contribution in [1.29, 1.82) is 0 Å². The lowest BCUT2D eigenvalue weighted by molar-refractivity contribution is 0.0678. The second-order valence-corrected chi connectivity index (χ2v) is 6.32. The van der Waals surface area contributed by atoms with Gasteiger partial charge in [-0.15, -0.1) is 0 Å². The molecule has 2 saturated carbocycles. The first-order valence-electron chi connectivity index (χ1n) is 5.67. The standard InChI is InChI=1S/C13H12BrFO/c1-16-12-8-6-4-2-3-5-7(6)9(12)11-10(8)13(11,14)15/h2-5,8-12H,1H3/t8-,9+,10+,11-,12?,13?. The quantitative estimate of drug-likeness (QED) is 0.719. The molecule has 3 heteroatoms. The highest BCUT2D eigenvalue weighted by atomic mass is 79.9. The summed E-state index contributed by atoms with van der Waals surface area (Å²) in [7, 11) is 1.75. The van der Waals surface area contributed by atoms with E-state index in [2.05, 4.69) is 28.1 Å². The molecule has 1 aromatic rings. The van der Waals surface area contributed by atoms with Crippen LogP contribution >= 0.6 is 15.9 Å². The van der Waals surface area contributed by atoms with Gasteiger partial charge in [0.25, 0.3) is 0 Å². The van der Waals surface area contributed by atoms with Crippen molar-refractivity contribution in [2.24, 2.45) is 11.8 Å². The zero-order chi connectivity index (χ0) is 11.1. The van der Waals surface area contributed by atoms with Crippen LogP contribution in [0.4, 0.5) is 4.39 Å². The van der Waals surface area contributed by atoms with Crippen LogP contribution in [0.25, 0.3) is 0 Å². The largest absolute Gasteiger partial charge is 0.380 e. The Balaban J connectivity index is 1.89. The van der Waals surface area contributed by atoms with Crippen LogP contribution in [-0.4, -0.2) is 17.8 Å². The minimum absolute atomic E-state index is 0.123. The van der Waals surface area contributed by atoms with Crippen LogP contribution in [-0.2, 0) is 4.74 Å². The molecule has 84 valence electrons. The normalized spacial score (nSPS) is 51.3. The summed E-state index contributed by atoms with van der Waals surface area (Å²) in [6.45, 7) is 0. The number of hydrogen-bond acceptors (Lipinski definition) is 1. The van der Waals surface area contributed by atoms with Crippen LogP contribution in [0.3, 0.4) is 0 Å². The first-order valence-corrected chi connectivity index (χ1v) is 6.46. The zero-order valence-corrected chi connectivity index (χ0v) is 10.4. The minimum Gasteiger partial charge on any atom is -0.380 e. The van der Waals surface area contributed by atoms with Gasteiger partial charge in [-0.1, -0.05) is 24.3 Å². The van der Waals surface area contributed by atoms with Gasteiger partial charge in [0.05, 0.1) is 6.10 Å². The van der Waals surface area contributed by atoms with Crippen LogP contribution in [0.15, 0.2) is 24.3 Å². The molecule has 3 aliphatic carbocycles. The summed E-state index contributed by atoms with van der Waals surface area (Å²) < 4.78 is 18.6. The lowest BCUT2D eigenvalue weighted by Gasteiger charge is -2.20. The van der Waals surface area contributed by atoms with E-state index in [4.69, 9.17) is 4.74 Å². The van der Waals surface area contributed by atoms with Gasteiger partial charge in [-0.2, -0.15) is 0 Å². The molecule has 16 heavy (non-hydrogen) atoms. The zero-order valence-electron chi connectivity index (χ0n) is 8.86. The lowest BCUT2D eigenvalue weighted by atomic mass is 9.92. The van der Waals surface area contributed by atoms with E-state index in [-0.39, 0.29) is 29.8 Å². The minimum atomic E-state index is -1.14. The molecular weight excluding hydrogens is 271 g/mol. The molecule has 1 nitrogen and oxygen atoms in total. The Bertz CT molecular complexity index is 430. The SMILES string of the molecule is COC1[C@H]2c3ccccc3[C@@H]1[C@H]1[C@@H]2C1(F)Br. The maximum absolute atomic E-state index is 14.2. The molecule has 6 atom stereocenters. The van der Waals surface area contributed by atoms with Crippen molar-refractivity contribution in [3.63, 3.8) is 0 Å². The molecule has 2 unspecified atom stereocenters. The molecule has 0 heterocycles. The van der Waals surface area contributed by atoms with Gasteiger partial charge < -0.3 is 4.74 Å². The second-order valence-electron chi connectivity index (χ2n) is 5.11. The summed E-state index contributed by atoms with van der Waals surface area (Å²) in [6.07, 6.45) is 0.189. The molecule has 0 aliphatic heterocycles. The van der Waals surface area contributed by atoms with Crippen molar-refractivity contribution in [2.45, 2.75) is 22.5 Å². The number of fused-ring (bicyclic) bond motifs is 8. The summed E-state index contributed by atoms with van der Waals surface area (Å²) in [5, 5.41) is 0. The Morgan fingerprint density at radius 1 is 1.19 bits per heavy atom. The number of methoxy groups -OCH3 is 1. The van der Waals surface area contributed by atoms with Crippen molar-refractivity contribution in [2.75, 3.05) is 7.11 Å². The smallest absolute Gasteiger partial charge is 0.172 e. The van der Waals surface area contributed by atoms with E-state index in [0.717, 1.165) is 0 Å². The van der Waals surface area contributed by atoms with Crippen molar-refractivity contribution in [3.8, 4) is 0 Å². The van der Waals surface area contributed by atoms with Gasteiger partial charge in [-0.05, 0) is 27.1 Å². The summed E-state index contributed by atoms with van der Waals surface area (Å²) in [6, 6.07) is 8.34. The fraction of sp³-hybridized carbons (Fsp3) is 0.538. The Morgan fingerprint density at radius 2 is 1.69 bits per heavy atom. The summed E-state index contributed by atoms with van der Waals surface area (Å²) in [4.78, 5) is 0. The number of ether oxygens (including phenoxy) is 1. The average molecular weight is 283 g/mol. The highest BCUT2D eigenvalue weighted by molar-refractivity contribution is 9.10. The van der Waals surface area contributed by atoms with Crippen LogP contribution in [0, 0.1) is 11.8 Å². The van der Waals surface area contributed by atoms with E-state index in [1.54, 1.807) is 7.11 Å². The fourth-order valence-corrected chi connectivity index (χ4v) is 5.09. The van der Waals surface area contributed by atoms with Crippen LogP contribution in [0.2, 0.25) is 0 Å². The van der Waals surface area contributed by atoms with Crippen LogP contribution < -0.4 is 0 Å². The molecule has 2 bridgehead atoms. The van der Waals surface area contributed by atoms with Crippen LogP contribution in [0.5, 0.6) is 0 Å². The van der Waals surface area contributed by atoms with Gasteiger partial charge in [-0.25, -0.2) is 4.39 Å². The van der Waals surface area contributed by atoms with Crippen LogP contribution in [0.1, 0.15) is 23.0 Å². The third-order valence-corrected chi connectivity index (χ3v) is 5.69. The highest BCUT2D eigenvalue weighted by Gasteiger charge is 2.80. The maximum Gasteiger partial charge on any atom is 0.172 e. The molecule has 0 spiro atoms. The number of rotatable bonds is 1. The van der Waals surface area contributed by atoms with Gasteiger partial charge in [0, 0.05) is 30.8 Å². The van der Waals surface area contributed by atoms with Crippen molar-refractivity contribution >= 4 is 15.9 Å². The Kier molecular flexibility index (Phi) is 1.62. The van der Waals surface area contributed by atoms with Gasteiger partial charge >= 0.3 is 0 Å². The maximum atomic E-state index is 14.2. The van der Waals surface area contributed by atoms with E-state index in [0.29, 0.717) is 0 Å². The molecule has 0 radical (unpaired) electrons. The molecule has 0 aromatic heterocycles. The van der Waals surface area contributed by atoms with Crippen molar-refractivity contribution < 1.29 is 9.13 Å². The molecule has 0 amide bonds. The highest BCUT2D eigenvalue weighted by Crippen LogP contribution is 2.79. The molecule has 0 saturated heterocycles. The Hall–Kier alpha value is -0.410. The average Bonchev–Trinajstić information content (AvgIpc) is 2.65. The van der Waals surface area contributed by atoms with Gasteiger partial charge in [0.1, 0.15) is 0 Å². The van der Waals surface area contributed by atoms with Crippen molar-refractivity contribution in [1.82, 2.24) is 0 Å². The summed E-state index contributed by atoms with van der Waals surface area (Å²) in [5.74, 6) is 0.746. The number of halogens is 2. The summed E-state index contributed by atoms with van der Waals surface area (Å²) >= 11 is 3.24. The second kappa shape index (κ2) is 2.70. The first kappa shape index (κ1) is 9.60. The van der Waals surface area contributed by atoms with Gasteiger partial charge in [0.2, 0.25) is 0 Å². The first-order chi connectivity index (χ1) is 7.68. The van der Waals surface area contributed by atoms with Gasteiger partial charge in [0.15, 0.2) is 4.58 Å². The predicted octanol–water partition coefficient (Wildman–Crippen LogP) is 3.20. The number of alkyl halides is 2. The molecular formula is C13H12BrFO. The number of benzene rings is 1. The predicted molar refractivity (Wildman–Crippen MR) is 62.5 cm³/mol.